The van der Waals surface area contributed by atoms with Gasteiger partial charge in [-0.05, 0) is 37.1 Å². The van der Waals surface area contributed by atoms with Crippen LogP contribution in [0.15, 0.2) is 38.8 Å². The minimum absolute atomic E-state index is 0.301. The van der Waals surface area contributed by atoms with Gasteiger partial charge in [-0.3, -0.25) is 0 Å². The molecule has 1 aromatic rings. The van der Waals surface area contributed by atoms with E-state index in [2.05, 4.69) is 32.5 Å². The lowest BCUT2D eigenvalue weighted by atomic mass is 9.82. The fourth-order valence-corrected chi connectivity index (χ4v) is 4.65. The van der Waals surface area contributed by atoms with Gasteiger partial charge in [-0.2, -0.15) is 15.3 Å². The van der Waals surface area contributed by atoms with Crippen molar-refractivity contribution < 1.29 is 0 Å². The third-order valence-corrected chi connectivity index (χ3v) is 5.54. The van der Waals surface area contributed by atoms with Crippen LogP contribution < -0.4 is 5.01 Å². The Labute approximate surface area is 121 Å². The molecule has 2 bridgehead atoms. The van der Waals surface area contributed by atoms with Gasteiger partial charge in [0, 0.05) is 16.9 Å². The Kier molecular flexibility index (Phi) is 2.01. The molecule has 2 aliphatic carbocycles. The van der Waals surface area contributed by atoms with E-state index in [1.807, 2.05) is 18.2 Å². The number of rotatable bonds is 1. The summed E-state index contributed by atoms with van der Waals surface area (Å²) in [7, 11) is 0. The largest absolute Gasteiger partial charge is 0.241 e. The summed E-state index contributed by atoms with van der Waals surface area (Å²) in [6.07, 6.45) is 1.19. The molecule has 1 aromatic carbocycles. The third kappa shape index (κ3) is 1.20. The normalized spacial score (nSPS) is 42.8. The molecule has 5 nitrogen and oxygen atoms in total. The van der Waals surface area contributed by atoms with E-state index in [0.29, 0.717) is 36.0 Å². The highest BCUT2D eigenvalue weighted by molar-refractivity contribution is 6.30. The van der Waals surface area contributed by atoms with E-state index < -0.39 is 0 Å². The molecular formula is C14H14ClN5. The zero-order chi connectivity index (χ0) is 13.4. The molecule has 20 heavy (non-hydrogen) atoms. The van der Waals surface area contributed by atoms with Gasteiger partial charge < -0.3 is 0 Å². The number of azo groups is 1. The molecule has 6 atom stereocenters. The predicted octanol–water partition coefficient (Wildman–Crippen LogP) is 3.43. The van der Waals surface area contributed by atoms with Crippen molar-refractivity contribution in [2.24, 2.45) is 32.4 Å². The van der Waals surface area contributed by atoms with Gasteiger partial charge in [-0.15, -0.1) is 0 Å². The molecule has 4 aliphatic rings. The van der Waals surface area contributed by atoms with E-state index in [1.165, 1.54) is 6.42 Å². The second-order valence-electron chi connectivity index (χ2n) is 6.24. The van der Waals surface area contributed by atoms with Crippen LogP contribution in [0.4, 0.5) is 5.69 Å². The summed E-state index contributed by atoms with van der Waals surface area (Å²) in [5.74, 6) is 1.10. The van der Waals surface area contributed by atoms with Gasteiger partial charge in [0.05, 0.1) is 11.7 Å². The molecule has 0 radical (unpaired) electrons. The first-order valence-corrected chi connectivity index (χ1v) is 7.48. The van der Waals surface area contributed by atoms with Gasteiger partial charge in [-0.1, -0.05) is 16.8 Å². The molecule has 0 spiro atoms. The Morgan fingerprint density at radius 1 is 1.10 bits per heavy atom. The highest BCUT2D eigenvalue weighted by Gasteiger charge is 2.65. The summed E-state index contributed by atoms with van der Waals surface area (Å²) in [6, 6.07) is 7.46. The van der Waals surface area contributed by atoms with Gasteiger partial charge in [0.15, 0.2) is 0 Å². The van der Waals surface area contributed by atoms with Crippen molar-refractivity contribution in [3.05, 3.63) is 28.8 Å². The number of nitrogens with zero attached hydrogens (tertiary/aromatic N) is 5. The minimum Gasteiger partial charge on any atom is -0.241 e. The standard InChI is InChI=1S/C14H14ClN5/c1-6-4-7(15)2-3-10(6)20-14-9-5-8(13(14)18-19-20)11-12(9)17-16-11/h2-4,8-9,11-14H,5H2,1H3/t8-,9+,11+,12-,13-,14+/m0/s1. The molecular weight excluding hydrogens is 274 g/mol. The van der Waals surface area contributed by atoms with Crippen LogP contribution in [0.3, 0.4) is 0 Å². The maximum Gasteiger partial charge on any atom is 0.101 e. The van der Waals surface area contributed by atoms with Crippen LogP contribution in [-0.2, 0) is 0 Å². The number of anilines is 1. The molecule has 2 aliphatic heterocycles. The lowest BCUT2D eigenvalue weighted by molar-refractivity contribution is 0.242. The van der Waals surface area contributed by atoms with Crippen molar-refractivity contribution in [1.29, 1.82) is 0 Å². The summed E-state index contributed by atoms with van der Waals surface area (Å²) < 4.78 is 0. The van der Waals surface area contributed by atoms with Gasteiger partial charge in [0.25, 0.3) is 0 Å². The number of hydrogen-bond donors (Lipinski definition) is 0. The summed E-state index contributed by atoms with van der Waals surface area (Å²) in [4.78, 5) is 0. The zero-order valence-electron chi connectivity index (χ0n) is 11.0. The predicted molar refractivity (Wildman–Crippen MR) is 75.1 cm³/mol. The summed E-state index contributed by atoms with van der Waals surface area (Å²) in [5.41, 5.74) is 2.26. The SMILES string of the molecule is Cc1cc(Cl)ccc1N1N=N[C@H]2[C@H]3C[C@H]([C@@H]4N=N[C@H]34)[C@H]21. The van der Waals surface area contributed by atoms with E-state index in [9.17, 15) is 0 Å². The molecule has 0 N–H and O–H groups in total. The van der Waals surface area contributed by atoms with E-state index in [1.54, 1.807) is 0 Å². The lowest BCUT2D eigenvalue weighted by Gasteiger charge is -2.38. The smallest absolute Gasteiger partial charge is 0.101 e. The average molecular weight is 288 g/mol. The minimum atomic E-state index is 0.301. The number of fused-ring (bicyclic) bond motifs is 8. The number of halogens is 1. The van der Waals surface area contributed by atoms with Crippen LogP contribution in [-0.4, -0.2) is 24.2 Å². The molecule has 0 saturated heterocycles. The quantitative estimate of drug-likeness (QED) is 0.781. The number of benzene rings is 1. The molecule has 2 fully saturated rings. The highest BCUT2D eigenvalue weighted by atomic mass is 35.5. The molecule has 0 aromatic heterocycles. The van der Waals surface area contributed by atoms with Crippen LogP contribution in [0.1, 0.15) is 12.0 Å². The fourth-order valence-electron chi connectivity index (χ4n) is 4.42. The van der Waals surface area contributed by atoms with Crippen LogP contribution >= 0.6 is 11.6 Å². The second-order valence-corrected chi connectivity index (χ2v) is 6.67. The Bertz CT molecular complexity index is 657. The molecule has 6 heteroatoms. The molecule has 0 unspecified atom stereocenters. The van der Waals surface area contributed by atoms with Crippen LogP contribution in [0.25, 0.3) is 0 Å². The van der Waals surface area contributed by atoms with Crippen LogP contribution in [0.2, 0.25) is 5.02 Å². The van der Waals surface area contributed by atoms with Crippen molar-refractivity contribution >= 4 is 17.3 Å². The van der Waals surface area contributed by atoms with Gasteiger partial charge in [-0.25, -0.2) is 5.01 Å². The summed E-state index contributed by atoms with van der Waals surface area (Å²) in [5, 5.41) is 20.5. The van der Waals surface area contributed by atoms with E-state index in [4.69, 9.17) is 11.6 Å². The van der Waals surface area contributed by atoms with Crippen molar-refractivity contribution in [2.45, 2.75) is 37.5 Å². The van der Waals surface area contributed by atoms with Gasteiger partial charge in [0.2, 0.25) is 0 Å². The molecule has 0 amide bonds. The first-order valence-electron chi connectivity index (χ1n) is 7.10. The highest BCUT2D eigenvalue weighted by Crippen LogP contribution is 2.56. The van der Waals surface area contributed by atoms with E-state index in [-0.39, 0.29) is 0 Å². The Morgan fingerprint density at radius 3 is 2.65 bits per heavy atom. The average Bonchev–Trinajstić information content (AvgIpc) is 2.97. The Morgan fingerprint density at radius 2 is 1.90 bits per heavy atom. The molecule has 2 heterocycles. The van der Waals surface area contributed by atoms with Crippen molar-refractivity contribution in [1.82, 2.24) is 0 Å². The van der Waals surface area contributed by atoms with Crippen molar-refractivity contribution in [3.8, 4) is 0 Å². The topological polar surface area (TPSA) is 52.7 Å². The number of hydrogen-bond acceptors (Lipinski definition) is 5. The molecule has 102 valence electrons. The first-order chi connectivity index (χ1) is 9.74. The first kappa shape index (κ1) is 11.2. The Balaban J connectivity index is 1.55. The third-order valence-electron chi connectivity index (χ3n) is 5.30. The monoisotopic (exact) mass is 287 g/mol. The van der Waals surface area contributed by atoms with Gasteiger partial charge >= 0.3 is 0 Å². The molecule has 2 saturated carbocycles. The number of aryl methyl sites for hydroxylation is 1. The van der Waals surface area contributed by atoms with E-state index >= 15 is 0 Å². The maximum absolute atomic E-state index is 6.05. The zero-order valence-corrected chi connectivity index (χ0v) is 11.8. The van der Waals surface area contributed by atoms with E-state index in [0.717, 1.165) is 16.3 Å². The summed E-state index contributed by atoms with van der Waals surface area (Å²) in [6.45, 7) is 2.07. The maximum atomic E-state index is 6.05. The fraction of sp³-hybridized carbons (Fsp3) is 0.571. The van der Waals surface area contributed by atoms with Crippen molar-refractivity contribution in [3.63, 3.8) is 0 Å². The van der Waals surface area contributed by atoms with Crippen LogP contribution in [0.5, 0.6) is 0 Å². The van der Waals surface area contributed by atoms with Crippen LogP contribution in [0, 0.1) is 18.8 Å². The summed E-state index contributed by atoms with van der Waals surface area (Å²) >= 11 is 6.05. The van der Waals surface area contributed by atoms with Gasteiger partial charge in [0.1, 0.15) is 18.1 Å². The van der Waals surface area contributed by atoms with Crippen molar-refractivity contribution in [2.75, 3.05) is 5.01 Å². The second kappa shape index (κ2) is 3.58. The lowest BCUT2D eigenvalue weighted by Crippen LogP contribution is -2.52. The Hall–Kier alpha value is -1.49. The molecule has 5 rings (SSSR count).